The number of hydrogen-bond acceptors (Lipinski definition) is 2. The molecule has 0 aliphatic rings. The minimum atomic E-state index is -0.475. The predicted molar refractivity (Wildman–Crippen MR) is 25.5 cm³/mol. The van der Waals surface area contributed by atoms with E-state index >= 15 is 0 Å². The minimum Gasteiger partial charge on any atom is -0.463 e. The summed E-state index contributed by atoms with van der Waals surface area (Å²) in [5.41, 5.74) is 0. The lowest BCUT2D eigenvalue weighted by molar-refractivity contribution is -0.143. The molecule has 0 bridgehead atoms. The van der Waals surface area contributed by atoms with Gasteiger partial charge in [0.2, 0.25) is 0 Å². The van der Waals surface area contributed by atoms with E-state index in [0.29, 0.717) is 0 Å². The highest BCUT2D eigenvalue weighted by Crippen LogP contribution is 1.84. The van der Waals surface area contributed by atoms with Crippen molar-refractivity contribution in [2.45, 2.75) is 20.0 Å². The molecule has 0 fully saturated rings. The summed E-state index contributed by atoms with van der Waals surface area (Å²) in [4.78, 5) is 9.95. The van der Waals surface area contributed by atoms with Crippen molar-refractivity contribution in [3.63, 3.8) is 0 Å². The molecule has 0 aromatic rings. The maximum Gasteiger partial charge on any atom is 0.302 e. The van der Waals surface area contributed by atoms with Crippen LogP contribution in [-0.4, -0.2) is 12.1 Å². The first-order valence-electron chi connectivity index (χ1n) is 2.05. The van der Waals surface area contributed by atoms with E-state index in [2.05, 4.69) is 4.74 Å². The summed E-state index contributed by atoms with van der Waals surface area (Å²) in [6.45, 7) is 7.97. The standard InChI is InChI=1S/C5H8O2/c1-4(2)7-5(3)6/h1,4H,2-3H3. The molecular weight excluding hydrogens is 92.1 g/mol. The Morgan fingerprint density at radius 1 is 1.86 bits per heavy atom. The Morgan fingerprint density at radius 2 is 2.29 bits per heavy atom. The molecule has 2 nitrogen and oxygen atoms in total. The van der Waals surface area contributed by atoms with E-state index in [1.54, 1.807) is 6.92 Å². The van der Waals surface area contributed by atoms with Crippen molar-refractivity contribution in [3.05, 3.63) is 6.92 Å². The van der Waals surface area contributed by atoms with Crippen LogP contribution in [-0.2, 0) is 9.53 Å². The molecule has 2 radical (unpaired) electrons. The summed E-state index contributed by atoms with van der Waals surface area (Å²) >= 11 is 0. The van der Waals surface area contributed by atoms with Gasteiger partial charge in [-0.15, -0.1) is 0 Å². The molecule has 0 rings (SSSR count). The number of carbonyl (C=O) groups is 1. The van der Waals surface area contributed by atoms with Crippen LogP contribution < -0.4 is 0 Å². The summed E-state index contributed by atoms with van der Waals surface area (Å²) < 4.78 is 4.39. The second-order valence-electron chi connectivity index (χ2n) is 1.31. The van der Waals surface area contributed by atoms with Gasteiger partial charge < -0.3 is 4.74 Å². The van der Waals surface area contributed by atoms with Crippen LogP contribution in [0, 0.1) is 6.92 Å². The molecule has 0 aromatic heterocycles. The van der Waals surface area contributed by atoms with Crippen LogP contribution in [0.1, 0.15) is 13.8 Å². The summed E-state index contributed by atoms with van der Waals surface area (Å²) in [5.74, 6) is -0.338. The molecule has 0 N–H and O–H groups in total. The number of esters is 1. The predicted octanol–water partition coefficient (Wildman–Crippen LogP) is 0.649. The average Bonchev–Trinajstić information content (AvgIpc) is 1.27. The molecule has 0 saturated heterocycles. The lowest BCUT2D eigenvalue weighted by Crippen LogP contribution is -2.06. The quantitative estimate of drug-likeness (QED) is 0.452. The lowest BCUT2D eigenvalue weighted by atomic mass is 10.5. The monoisotopic (exact) mass is 100 g/mol. The maximum atomic E-state index is 9.95. The van der Waals surface area contributed by atoms with E-state index in [1.807, 2.05) is 0 Å². The third-order valence-corrected chi connectivity index (χ3v) is 0.352. The largest absolute Gasteiger partial charge is 0.463 e. The summed E-state index contributed by atoms with van der Waals surface area (Å²) in [6.07, 6.45) is -0.475. The Labute approximate surface area is 43.5 Å². The Morgan fingerprint density at radius 3 is 2.29 bits per heavy atom. The summed E-state index contributed by atoms with van der Waals surface area (Å²) in [5, 5.41) is 0. The van der Waals surface area contributed by atoms with Crippen LogP contribution in [0.4, 0.5) is 0 Å². The fourth-order valence-corrected chi connectivity index (χ4v) is 0.262. The first-order valence-corrected chi connectivity index (χ1v) is 2.05. The Kier molecular flexibility index (Phi) is 2.41. The van der Waals surface area contributed by atoms with Crippen molar-refractivity contribution in [1.82, 2.24) is 0 Å². The zero-order chi connectivity index (χ0) is 5.86. The van der Waals surface area contributed by atoms with Crippen molar-refractivity contribution < 1.29 is 9.53 Å². The smallest absolute Gasteiger partial charge is 0.302 e. The molecule has 0 heterocycles. The van der Waals surface area contributed by atoms with Gasteiger partial charge >= 0.3 is 5.97 Å². The molecular formula is C5H8O2. The van der Waals surface area contributed by atoms with Crippen LogP contribution >= 0.6 is 0 Å². The molecule has 0 aliphatic heterocycles. The number of rotatable bonds is 1. The maximum absolute atomic E-state index is 9.95. The molecule has 0 saturated carbocycles. The Hall–Kier alpha value is -0.530. The topological polar surface area (TPSA) is 26.3 Å². The highest BCUT2D eigenvalue weighted by Gasteiger charge is 1.94. The highest BCUT2D eigenvalue weighted by atomic mass is 16.5. The van der Waals surface area contributed by atoms with Crippen molar-refractivity contribution in [2.75, 3.05) is 0 Å². The van der Waals surface area contributed by atoms with Crippen LogP contribution in [0.2, 0.25) is 0 Å². The van der Waals surface area contributed by atoms with E-state index in [9.17, 15) is 4.79 Å². The molecule has 1 atom stereocenters. The first-order chi connectivity index (χ1) is 3.13. The Bertz CT molecular complexity index is 66.5. The molecule has 0 amide bonds. The summed E-state index contributed by atoms with van der Waals surface area (Å²) in [7, 11) is 0. The zero-order valence-electron chi connectivity index (χ0n) is 4.47. The van der Waals surface area contributed by atoms with Gasteiger partial charge in [0.25, 0.3) is 0 Å². The third-order valence-electron chi connectivity index (χ3n) is 0.352. The SMILES string of the molecule is [CH]C(C)OC(C)=O. The van der Waals surface area contributed by atoms with Gasteiger partial charge in [-0.05, 0) is 6.92 Å². The van der Waals surface area contributed by atoms with Crippen molar-refractivity contribution in [1.29, 1.82) is 0 Å². The highest BCUT2D eigenvalue weighted by molar-refractivity contribution is 5.66. The van der Waals surface area contributed by atoms with Gasteiger partial charge in [-0.3, -0.25) is 4.79 Å². The van der Waals surface area contributed by atoms with Gasteiger partial charge in [-0.25, -0.2) is 0 Å². The molecule has 0 aliphatic carbocycles. The second kappa shape index (κ2) is 2.61. The van der Waals surface area contributed by atoms with Gasteiger partial charge in [0.15, 0.2) is 0 Å². The third kappa shape index (κ3) is 5.47. The number of ether oxygens (including phenoxy) is 1. The lowest BCUT2D eigenvalue weighted by Gasteiger charge is -2.01. The normalized spacial score (nSPS) is 9.14. The molecule has 1 unspecified atom stereocenters. The number of carbonyl (C=O) groups excluding carboxylic acids is 1. The Balaban J connectivity index is 3.13. The van der Waals surface area contributed by atoms with Gasteiger partial charge in [-0.2, -0.15) is 0 Å². The van der Waals surface area contributed by atoms with Gasteiger partial charge in [-0.1, -0.05) is 0 Å². The van der Waals surface area contributed by atoms with E-state index in [0.717, 1.165) is 0 Å². The van der Waals surface area contributed by atoms with Crippen molar-refractivity contribution in [3.8, 4) is 0 Å². The van der Waals surface area contributed by atoms with Crippen LogP contribution in [0.15, 0.2) is 0 Å². The minimum absolute atomic E-state index is 0.338. The second-order valence-corrected chi connectivity index (χ2v) is 1.31. The van der Waals surface area contributed by atoms with Crippen molar-refractivity contribution in [2.24, 2.45) is 0 Å². The van der Waals surface area contributed by atoms with E-state index in [-0.39, 0.29) is 5.97 Å². The average molecular weight is 100 g/mol. The van der Waals surface area contributed by atoms with Crippen LogP contribution in [0.3, 0.4) is 0 Å². The van der Waals surface area contributed by atoms with E-state index in [4.69, 9.17) is 6.92 Å². The molecule has 2 heteroatoms. The molecule has 0 aromatic carbocycles. The molecule has 7 heavy (non-hydrogen) atoms. The summed E-state index contributed by atoms with van der Waals surface area (Å²) in [6, 6.07) is 0. The fourth-order valence-electron chi connectivity index (χ4n) is 0.262. The first kappa shape index (κ1) is 6.47. The van der Waals surface area contributed by atoms with E-state index in [1.165, 1.54) is 6.92 Å². The fraction of sp³-hybridized carbons (Fsp3) is 0.600. The molecule has 40 valence electrons. The zero-order valence-corrected chi connectivity index (χ0v) is 4.47. The van der Waals surface area contributed by atoms with Gasteiger partial charge in [0, 0.05) is 13.8 Å². The number of hydrogen-bond donors (Lipinski definition) is 0. The molecule has 0 spiro atoms. The van der Waals surface area contributed by atoms with E-state index < -0.39 is 6.10 Å². The van der Waals surface area contributed by atoms with Gasteiger partial charge in [0.1, 0.15) is 6.10 Å². The van der Waals surface area contributed by atoms with Gasteiger partial charge in [0.05, 0.1) is 0 Å². The van der Waals surface area contributed by atoms with Crippen LogP contribution in [0.5, 0.6) is 0 Å². The van der Waals surface area contributed by atoms with Crippen LogP contribution in [0.25, 0.3) is 0 Å². The van der Waals surface area contributed by atoms with Crippen molar-refractivity contribution >= 4 is 5.97 Å².